The predicted octanol–water partition coefficient (Wildman–Crippen LogP) is 4.25. The van der Waals surface area contributed by atoms with E-state index >= 15 is 0 Å². The second-order valence-electron chi connectivity index (χ2n) is 11.2. The van der Waals surface area contributed by atoms with Crippen LogP contribution < -0.4 is 10.0 Å². The van der Waals surface area contributed by atoms with Crippen LogP contribution in [0.1, 0.15) is 36.8 Å². The molecule has 0 unspecified atom stereocenters. The lowest BCUT2D eigenvalue weighted by molar-refractivity contribution is -0.140. The number of nitrogens with one attached hydrogen (secondary N) is 2. The molecule has 3 aliphatic carbocycles. The van der Waals surface area contributed by atoms with Crippen molar-refractivity contribution in [1.29, 1.82) is 0 Å². The Hall–Kier alpha value is -3.59. The van der Waals surface area contributed by atoms with Crippen molar-refractivity contribution in [3.05, 3.63) is 64.9 Å². The standard InChI is InChI=1S/C27H27F3N4O6S2/c1-41(37,38)32-18-9-10-19-20(12-18)42(39,40)33-25(31-19)22-24(35)21-15-5-7-16(8-6-15)23(21)34(26(22)36)13-14-3-2-4-17(11-14)27(28,29)30/h2-4,9-12,15-16,21,23,32,35H,5-8,13H2,1H3,(H,31,33)/t15?,16?,21-,23+/m1/s1. The fourth-order valence-electron chi connectivity index (χ4n) is 6.79. The second-order valence-corrected chi connectivity index (χ2v) is 14.5. The molecule has 3 fully saturated rings. The molecule has 10 nitrogen and oxygen atoms in total. The van der Waals surface area contributed by atoms with Crippen molar-refractivity contribution in [3.63, 3.8) is 0 Å². The summed E-state index contributed by atoms with van der Waals surface area (Å²) in [7, 11) is -8.15. The van der Waals surface area contributed by atoms with E-state index in [0.29, 0.717) is 0 Å². The first-order valence-corrected chi connectivity index (χ1v) is 16.6. The van der Waals surface area contributed by atoms with E-state index in [2.05, 4.69) is 14.4 Å². The molecule has 2 aliphatic heterocycles. The van der Waals surface area contributed by atoms with Gasteiger partial charge >= 0.3 is 6.18 Å². The monoisotopic (exact) mass is 624 g/mol. The van der Waals surface area contributed by atoms with Crippen molar-refractivity contribution in [2.45, 2.75) is 49.3 Å². The number of sulfonamides is 2. The minimum Gasteiger partial charge on any atom is -0.511 e. The van der Waals surface area contributed by atoms with Gasteiger partial charge in [-0.05, 0) is 73.4 Å². The number of carbonyl (C=O) groups excluding carboxylic acids is 1. The van der Waals surface area contributed by atoms with E-state index in [-0.39, 0.29) is 51.5 Å². The second kappa shape index (κ2) is 9.73. The van der Waals surface area contributed by atoms with Crippen molar-refractivity contribution in [2.75, 3.05) is 16.3 Å². The van der Waals surface area contributed by atoms with Gasteiger partial charge in [0.1, 0.15) is 16.2 Å². The molecule has 0 radical (unpaired) electrons. The van der Waals surface area contributed by atoms with Crippen LogP contribution in [0.15, 0.2) is 63.1 Å². The summed E-state index contributed by atoms with van der Waals surface area (Å²) in [5, 5.41) is 14.3. The van der Waals surface area contributed by atoms with E-state index in [4.69, 9.17) is 0 Å². The molecule has 3 saturated carbocycles. The van der Waals surface area contributed by atoms with Crippen molar-refractivity contribution >= 4 is 43.2 Å². The van der Waals surface area contributed by atoms with Gasteiger partial charge in [0, 0.05) is 24.2 Å². The molecule has 2 aromatic rings. The number of benzene rings is 2. The number of alkyl halides is 3. The van der Waals surface area contributed by atoms with Crippen molar-refractivity contribution < 1.29 is 39.9 Å². The van der Waals surface area contributed by atoms with Gasteiger partial charge in [-0.2, -0.15) is 21.6 Å². The number of amides is 1. The number of halogens is 3. The van der Waals surface area contributed by atoms with Crippen molar-refractivity contribution in [3.8, 4) is 0 Å². The Morgan fingerprint density at radius 1 is 1.10 bits per heavy atom. The minimum atomic E-state index is -4.57. The summed E-state index contributed by atoms with van der Waals surface area (Å²) in [6.45, 7) is -0.166. The van der Waals surface area contributed by atoms with E-state index in [0.717, 1.165) is 50.1 Å². The minimum absolute atomic E-state index is 0.00446. The molecule has 15 heteroatoms. The highest BCUT2D eigenvalue weighted by Crippen LogP contribution is 2.52. The summed E-state index contributed by atoms with van der Waals surface area (Å²) < 4.78 is 96.0. The van der Waals surface area contributed by atoms with E-state index < -0.39 is 55.5 Å². The molecule has 224 valence electrons. The van der Waals surface area contributed by atoms with E-state index in [9.17, 15) is 39.9 Å². The number of hydrogen-bond donors (Lipinski definition) is 3. The average molecular weight is 625 g/mol. The largest absolute Gasteiger partial charge is 0.511 e. The van der Waals surface area contributed by atoms with Crippen molar-refractivity contribution in [2.24, 2.45) is 22.2 Å². The Bertz CT molecular complexity index is 1760. The lowest BCUT2D eigenvalue weighted by atomic mass is 9.59. The maximum atomic E-state index is 14.1. The van der Waals surface area contributed by atoms with Crippen LogP contribution in [-0.2, 0) is 37.6 Å². The Kier molecular flexibility index (Phi) is 6.61. The van der Waals surface area contributed by atoms with E-state index in [1.54, 1.807) is 0 Å². The Morgan fingerprint density at radius 2 is 1.79 bits per heavy atom. The van der Waals surface area contributed by atoms with Gasteiger partial charge in [0.2, 0.25) is 10.0 Å². The molecule has 2 heterocycles. The summed E-state index contributed by atoms with van der Waals surface area (Å²) in [6, 6.07) is 7.98. The molecule has 0 spiro atoms. The van der Waals surface area contributed by atoms with Gasteiger partial charge in [0.15, 0.2) is 5.84 Å². The Balaban J connectivity index is 1.42. The van der Waals surface area contributed by atoms with Gasteiger partial charge in [-0.25, -0.2) is 8.42 Å². The number of aliphatic hydroxyl groups is 1. The number of anilines is 2. The highest BCUT2D eigenvalue weighted by Gasteiger charge is 2.54. The smallest absolute Gasteiger partial charge is 0.416 e. The van der Waals surface area contributed by atoms with Gasteiger partial charge in [-0.1, -0.05) is 12.1 Å². The third kappa shape index (κ3) is 5.02. The zero-order valence-electron chi connectivity index (χ0n) is 22.2. The first-order chi connectivity index (χ1) is 19.6. The number of aliphatic hydroxyl groups excluding tert-OH is 1. The Labute approximate surface area is 240 Å². The zero-order chi connectivity index (χ0) is 30.2. The summed E-state index contributed by atoms with van der Waals surface area (Å²) in [4.78, 5) is 15.2. The molecule has 2 bridgehead atoms. The maximum absolute atomic E-state index is 14.1. The molecule has 0 aromatic heterocycles. The number of fused-ring (bicyclic) bond motifs is 3. The van der Waals surface area contributed by atoms with Gasteiger partial charge < -0.3 is 15.3 Å². The first-order valence-electron chi connectivity index (χ1n) is 13.3. The maximum Gasteiger partial charge on any atom is 0.416 e. The van der Waals surface area contributed by atoms with Crippen LogP contribution in [0, 0.1) is 17.8 Å². The van der Waals surface area contributed by atoms with E-state index in [1.807, 2.05) is 0 Å². The van der Waals surface area contributed by atoms with Crippen LogP contribution >= 0.6 is 0 Å². The highest BCUT2D eigenvalue weighted by atomic mass is 32.2. The SMILES string of the molecule is CS(=O)(=O)Nc1ccc2c(c1)S(=O)(=O)N=C(C1=C(O)[C@@H]3C4CCC(CC4)[C@@H]3N(Cc3cccc(C(F)(F)F)c3)C1=O)N2. The first kappa shape index (κ1) is 28.5. The highest BCUT2D eigenvalue weighted by molar-refractivity contribution is 7.92. The molecule has 5 aliphatic rings. The predicted molar refractivity (Wildman–Crippen MR) is 148 cm³/mol. The van der Waals surface area contributed by atoms with Gasteiger partial charge in [0.05, 0.1) is 17.5 Å². The van der Waals surface area contributed by atoms with Crippen LogP contribution in [0.25, 0.3) is 0 Å². The number of hydrogen-bond acceptors (Lipinski definition) is 7. The summed E-state index contributed by atoms with van der Waals surface area (Å²) in [6.07, 6.45) is -0.443. The average Bonchev–Trinajstić information content (AvgIpc) is 2.90. The quantitative estimate of drug-likeness (QED) is 0.451. The van der Waals surface area contributed by atoms with Gasteiger partial charge in [0.25, 0.3) is 15.9 Å². The number of amidine groups is 1. The molecule has 3 N–H and O–H groups in total. The molecule has 1 amide bonds. The van der Waals surface area contributed by atoms with Crippen molar-refractivity contribution in [1.82, 2.24) is 4.90 Å². The molecule has 2 atom stereocenters. The summed E-state index contributed by atoms with van der Waals surface area (Å²) in [5.74, 6) is -1.90. The lowest BCUT2D eigenvalue weighted by Gasteiger charge is -2.54. The molecule has 7 rings (SSSR count). The molecular weight excluding hydrogens is 597 g/mol. The van der Waals surface area contributed by atoms with E-state index in [1.165, 1.54) is 29.2 Å². The normalized spacial score (nSPS) is 26.7. The van der Waals surface area contributed by atoms with Gasteiger partial charge in [-0.15, -0.1) is 4.40 Å². The fraction of sp³-hybridized carbons (Fsp3) is 0.407. The zero-order valence-corrected chi connectivity index (χ0v) is 23.9. The molecule has 42 heavy (non-hydrogen) atoms. The molecular formula is C27H27F3N4O6S2. The lowest BCUT2D eigenvalue weighted by Crippen LogP contribution is -2.60. The third-order valence-electron chi connectivity index (χ3n) is 8.45. The number of carbonyl (C=O) groups is 1. The van der Waals surface area contributed by atoms with Crippen LogP contribution in [0.3, 0.4) is 0 Å². The topological polar surface area (TPSA) is 145 Å². The van der Waals surface area contributed by atoms with Crippen LogP contribution in [-0.4, -0.2) is 50.9 Å². The van der Waals surface area contributed by atoms with Crippen LogP contribution in [0.5, 0.6) is 0 Å². The third-order valence-corrected chi connectivity index (χ3v) is 10.4. The summed E-state index contributed by atoms with van der Waals surface area (Å²) >= 11 is 0. The summed E-state index contributed by atoms with van der Waals surface area (Å²) in [5.41, 5.74) is -0.936. The van der Waals surface area contributed by atoms with Crippen LogP contribution in [0.4, 0.5) is 24.5 Å². The Morgan fingerprint density at radius 3 is 2.45 bits per heavy atom. The van der Waals surface area contributed by atoms with Gasteiger partial charge in [-0.3, -0.25) is 9.52 Å². The number of rotatable bonds is 5. The van der Waals surface area contributed by atoms with Crippen LogP contribution in [0.2, 0.25) is 0 Å². The number of nitrogens with zero attached hydrogens (tertiary/aromatic N) is 2. The molecule has 2 aromatic carbocycles. The fourth-order valence-corrected chi connectivity index (χ4v) is 8.50. The molecule has 0 saturated heterocycles.